The number of likely N-dealkylation sites (tertiary alicyclic amines) is 1. The maximum Gasteiger partial charge on any atom is 0.301 e. The number of carbonyl (C=O) groups is 1. The lowest BCUT2D eigenvalue weighted by molar-refractivity contribution is -0.152. The zero-order valence-corrected chi connectivity index (χ0v) is 19.5. The Balaban J connectivity index is 1.43. The molecule has 1 saturated heterocycles. The fourth-order valence-electron chi connectivity index (χ4n) is 3.53. The number of nitrogens with zero attached hydrogens (tertiary/aromatic N) is 2. The average molecular weight is 501 g/mol. The first kappa shape index (κ1) is 22.8. The first-order valence-corrected chi connectivity index (χ1v) is 12.4. The Kier molecular flexibility index (Phi) is 5.63. The van der Waals surface area contributed by atoms with E-state index in [9.17, 15) is 13.2 Å². The van der Waals surface area contributed by atoms with Crippen LogP contribution in [0.3, 0.4) is 0 Å². The zero-order valence-electron chi connectivity index (χ0n) is 17.1. The van der Waals surface area contributed by atoms with Crippen molar-refractivity contribution in [3.8, 4) is 0 Å². The summed E-state index contributed by atoms with van der Waals surface area (Å²) in [6.07, 6.45) is 0.968. The van der Waals surface area contributed by atoms with Gasteiger partial charge in [-0.25, -0.2) is 12.8 Å². The molecule has 0 radical (unpaired) electrons. The van der Waals surface area contributed by atoms with Crippen molar-refractivity contribution in [2.45, 2.75) is 18.4 Å². The number of amides is 1. The van der Waals surface area contributed by atoms with E-state index >= 15 is 4.39 Å². The van der Waals surface area contributed by atoms with Crippen LogP contribution in [0.15, 0.2) is 47.6 Å². The summed E-state index contributed by atoms with van der Waals surface area (Å²) >= 11 is 12.1. The van der Waals surface area contributed by atoms with Gasteiger partial charge in [0.2, 0.25) is 5.91 Å². The monoisotopic (exact) mass is 500 g/mol. The van der Waals surface area contributed by atoms with Crippen molar-refractivity contribution in [2.75, 3.05) is 25.1 Å². The number of alkyl halides is 1. The first-order chi connectivity index (χ1) is 14.9. The van der Waals surface area contributed by atoms with Crippen LogP contribution >= 0.6 is 23.2 Å². The number of hydrogen-bond acceptors (Lipinski definition) is 6. The number of ether oxygens (including phenoxy) is 1. The van der Waals surface area contributed by atoms with E-state index in [4.69, 9.17) is 32.8 Å². The molecular weight excluding hydrogens is 482 g/mol. The number of benzene rings is 2. The first-order valence-electron chi connectivity index (χ1n) is 9.54. The van der Waals surface area contributed by atoms with Crippen molar-refractivity contribution < 1.29 is 27.2 Å². The molecule has 0 spiro atoms. The third-order valence-electron chi connectivity index (χ3n) is 5.25. The van der Waals surface area contributed by atoms with E-state index in [0.717, 1.165) is 6.26 Å². The van der Waals surface area contributed by atoms with Gasteiger partial charge in [0.1, 0.15) is 5.75 Å². The van der Waals surface area contributed by atoms with Crippen molar-refractivity contribution >= 4 is 44.8 Å². The maximum absolute atomic E-state index is 15.2. The van der Waals surface area contributed by atoms with E-state index in [1.165, 1.54) is 4.90 Å². The predicted molar refractivity (Wildman–Crippen MR) is 118 cm³/mol. The van der Waals surface area contributed by atoms with Crippen LogP contribution in [-0.2, 0) is 35.7 Å². The summed E-state index contributed by atoms with van der Waals surface area (Å²) in [5.41, 5.74) is -0.222. The SMILES string of the molecule is CC1(c2cc(Cl)cc(Cl)c2)ON=C(c2ccc(C3(F)CN(C(=O)CS(C)(=O)=O)C3)cc2)O1. The molecule has 2 aliphatic rings. The second-order valence-electron chi connectivity index (χ2n) is 8.06. The van der Waals surface area contributed by atoms with Gasteiger partial charge in [0.05, 0.1) is 13.1 Å². The van der Waals surface area contributed by atoms with Gasteiger partial charge in [-0.2, -0.15) is 0 Å². The van der Waals surface area contributed by atoms with E-state index in [-0.39, 0.29) is 19.0 Å². The molecule has 0 N–H and O–H groups in total. The Morgan fingerprint density at radius 2 is 1.72 bits per heavy atom. The Morgan fingerprint density at radius 1 is 1.12 bits per heavy atom. The molecule has 4 rings (SSSR count). The standard InChI is InChI=1S/C21H19Cl2FN2O5S/c1-20(15-7-16(22)9-17(23)8-15)30-19(25-31-20)13-3-5-14(6-4-13)21(24)11-26(12-21)18(27)10-32(2,28)29/h3-9H,10-12H2,1-2H3. The minimum absolute atomic E-state index is 0.200. The molecule has 2 heterocycles. The summed E-state index contributed by atoms with van der Waals surface area (Å²) in [6.45, 7) is 1.27. The Labute approximate surface area is 194 Å². The molecular formula is C21H19Cl2FN2O5S. The number of halogens is 3. The molecule has 1 fully saturated rings. The Bertz CT molecular complexity index is 1190. The summed E-state index contributed by atoms with van der Waals surface area (Å²) in [5.74, 6) is -2.25. The van der Waals surface area contributed by atoms with Crippen molar-refractivity contribution in [1.29, 1.82) is 0 Å². The Hall–Kier alpha value is -2.36. The van der Waals surface area contributed by atoms with Gasteiger partial charge in [-0.1, -0.05) is 35.3 Å². The fraction of sp³-hybridized carbons (Fsp3) is 0.333. The van der Waals surface area contributed by atoms with E-state index in [0.29, 0.717) is 26.7 Å². The van der Waals surface area contributed by atoms with Crippen LogP contribution < -0.4 is 0 Å². The summed E-state index contributed by atoms with van der Waals surface area (Å²) in [4.78, 5) is 18.6. The molecule has 0 saturated carbocycles. The molecule has 2 aliphatic heterocycles. The third-order valence-corrected chi connectivity index (χ3v) is 6.46. The lowest BCUT2D eigenvalue weighted by Gasteiger charge is -2.44. The van der Waals surface area contributed by atoms with Crippen LogP contribution in [0.1, 0.15) is 23.6 Å². The lowest BCUT2D eigenvalue weighted by Crippen LogP contribution is -2.59. The molecule has 1 unspecified atom stereocenters. The molecule has 0 aliphatic carbocycles. The average Bonchev–Trinajstić information content (AvgIpc) is 3.07. The molecule has 2 aromatic rings. The van der Waals surface area contributed by atoms with Gasteiger partial charge in [-0.15, -0.1) is 0 Å². The molecule has 1 amide bonds. The molecule has 0 aromatic heterocycles. The van der Waals surface area contributed by atoms with Gasteiger partial charge in [-0.05, 0) is 41.1 Å². The molecule has 0 bridgehead atoms. The van der Waals surface area contributed by atoms with Gasteiger partial charge in [0.25, 0.3) is 5.90 Å². The predicted octanol–water partition coefficient (Wildman–Crippen LogP) is 3.63. The summed E-state index contributed by atoms with van der Waals surface area (Å²) in [5, 5.41) is 4.85. The van der Waals surface area contributed by atoms with Gasteiger partial charge < -0.3 is 14.5 Å². The lowest BCUT2D eigenvalue weighted by atomic mass is 9.87. The number of rotatable bonds is 5. The molecule has 2 aromatic carbocycles. The second kappa shape index (κ2) is 7.90. The molecule has 32 heavy (non-hydrogen) atoms. The van der Waals surface area contributed by atoms with Crippen LogP contribution in [0.4, 0.5) is 4.39 Å². The maximum atomic E-state index is 15.2. The molecule has 11 heteroatoms. The van der Waals surface area contributed by atoms with Gasteiger partial charge in [0.15, 0.2) is 15.5 Å². The summed E-state index contributed by atoms with van der Waals surface area (Å²) < 4.78 is 43.6. The highest BCUT2D eigenvalue weighted by Gasteiger charge is 2.47. The number of carbonyl (C=O) groups excluding carboxylic acids is 1. The minimum Gasteiger partial charge on any atom is -0.426 e. The minimum atomic E-state index is -3.46. The van der Waals surface area contributed by atoms with E-state index < -0.39 is 33.0 Å². The highest BCUT2D eigenvalue weighted by Crippen LogP contribution is 2.38. The van der Waals surface area contributed by atoms with Crippen LogP contribution in [0.2, 0.25) is 10.0 Å². The van der Waals surface area contributed by atoms with Crippen molar-refractivity contribution in [3.05, 3.63) is 69.2 Å². The molecule has 1 atom stereocenters. The normalized spacial score (nSPS) is 21.9. The van der Waals surface area contributed by atoms with Crippen LogP contribution in [-0.4, -0.2) is 50.2 Å². The second-order valence-corrected chi connectivity index (χ2v) is 11.1. The van der Waals surface area contributed by atoms with Crippen molar-refractivity contribution in [1.82, 2.24) is 4.90 Å². The summed E-state index contributed by atoms with van der Waals surface area (Å²) in [7, 11) is -3.46. The zero-order chi connectivity index (χ0) is 23.3. The van der Waals surface area contributed by atoms with Gasteiger partial charge in [0, 0.05) is 34.4 Å². The van der Waals surface area contributed by atoms with E-state index in [1.807, 2.05) is 0 Å². The third kappa shape index (κ3) is 4.55. The highest BCUT2D eigenvalue weighted by atomic mass is 35.5. The fourth-order valence-corrected chi connectivity index (χ4v) is 4.69. The summed E-state index contributed by atoms with van der Waals surface area (Å²) in [6, 6.07) is 11.3. The van der Waals surface area contributed by atoms with Gasteiger partial charge >= 0.3 is 5.79 Å². The Morgan fingerprint density at radius 3 is 2.28 bits per heavy atom. The number of hydrogen-bond donors (Lipinski definition) is 0. The number of oxime groups is 1. The smallest absolute Gasteiger partial charge is 0.301 e. The quantitative estimate of drug-likeness (QED) is 0.625. The van der Waals surface area contributed by atoms with Crippen molar-refractivity contribution in [3.63, 3.8) is 0 Å². The van der Waals surface area contributed by atoms with Gasteiger partial charge in [-0.3, -0.25) is 4.79 Å². The van der Waals surface area contributed by atoms with E-state index in [1.54, 1.807) is 49.4 Å². The van der Waals surface area contributed by atoms with Crippen LogP contribution in [0, 0.1) is 0 Å². The van der Waals surface area contributed by atoms with Crippen LogP contribution in [0.25, 0.3) is 0 Å². The largest absolute Gasteiger partial charge is 0.426 e. The highest BCUT2D eigenvalue weighted by molar-refractivity contribution is 7.91. The topological polar surface area (TPSA) is 85.3 Å². The molecule has 170 valence electrons. The van der Waals surface area contributed by atoms with Crippen molar-refractivity contribution in [2.24, 2.45) is 5.16 Å². The number of sulfone groups is 1. The van der Waals surface area contributed by atoms with E-state index in [2.05, 4.69) is 5.16 Å². The van der Waals surface area contributed by atoms with Crippen LogP contribution in [0.5, 0.6) is 0 Å². The molecule has 7 nitrogen and oxygen atoms in total.